The van der Waals surface area contributed by atoms with E-state index in [4.69, 9.17) is 9.47 Å². The van der Waals surface area contributed by atoms with Gasteiger partial charge in [-0.2, -0.15) is 18.3 Å². The van der Waals surface area contributed by atoms with Crippen LogP contribution in [0.5, 0.6) is 11.5 Å². The number of pyridine rings is 1. The summed E-state index contributed by atoms with van der Waals surface area (Å²) in [7, 11) is 4.49. The lowest BCUT2D eigenvalue weighted by molar-refractivity contribution is -0.141. The van der Waals surface area contributed by atoms with Crippen molar-refractivity contribution in [2.24, 2.45) is 7.05 Å². The van der Waals surface area contributed by atoms with E-state index in [1.54, 1.807) is 25.2 Å². The van der Waals surface area contributed by atoms with Crippen LogP contribution in [-0.4, -0.2) is 33.4 Å². The van der Waals surface area contributed by atoms with Crippen LogP contribution in [0.25, 0.3) is 27.8 Å². The number of methoxy groups -OCH3 is 2. The molecule has 0 spiro atoms. The van der Waals surface area contributed by atoms with Crippen molar-refractivity contribution in [2.45, 2.75) is 6.18 Å². The van der Waals surface area contributed by atoms with E-state index in [0.29, 0.717) is 28.0 Å². The second-order valence-corrected chi connectivity index (χ2v) is 6.32. The summed E-state index contributed by atoms with van der Waals surface area (Å²) in [5.74, 6) is 0.780. The number of halogens is 3. The summed E-state index contributed by atoms with van der Waals surface area (Å²) in [6.45, 7) is 0. The molecule has 0 radical (unpaired) electrons. The Labute approximate surface area is 161 Å². The van der Waals surface area contributed by atoms with Gasteiger partial charge in [-0.25, -0.2) is 4.52 Å². The molecule has 0 N–H and O–H groups in total. The molecule has 3 heterocycles. The molecule has 4 rings (SSSR count). The molecule has 7 nitrogen and oxygen atoms in total. The van der Waals surface area contributed by atoms with E-state index in [0.717, 1.165) is 12.3 Å². The topological polar surface area (TPSA) is 70.7 Å². The van der Waals surface area contributed by atoms with Gasteiger partial charge in [-0.05, 0) is 18.2 Å². The number of alkyl halides is 3. The third kappa shape index (κ3) is 2.96. The molecule has 0 amide bonds. The number of fused-ring (bicyclic) bond motifs is 3. The van der Waals surface area contributed by atoms with E-state index < -0.39 is 11.9 Å². The maximum atomic E-state index is 13.0. The van der Waals surface area contributed by atoms with Crippen LogP contribution < -0.4 is 15.0 Å². The summed E-state index contributed by atoms with van der Waals surface area (Å²) in [5, 5.41) is 4.76. The SMILES string of the molecule is COc1cc2c(=O)n(C)c3cc(-c4ccnc(C(F)(F)F)c4)nn3c2cc1OC. The van der Waals surface area contributed by atoms with Crippen molar-refractivity contribution in [3.05, 3.63) is 52.6 Å². The monoisotopic (exact) mass is 404 g/mol. The average molecular weight is 404 g/mol. The standard InChI is InChI=1S/C19H15F3N4O3/c1-25-17-8-12(10-4-5-23-16(6-10)19(20,21)22)24-26(17)13-9-15(29-3)14(28-2)7-11(13)18(25)27/h4-9H,1-3H3. The molecule has 0 saturated heterocycles. The van der Waals surface area contributed by atoms with Gasteiger partial charge in [0.1, 0.15) is 11.3 Å². The Morgan fingerprint density at radius 1 is 1.03 bits per heavy atom. The molecule has 4 aromatic rings. The number of ether oxygens (including phenoxy) is 2. The molecule has 0 atom stereocenters. The van der Waals surface area contributed by atoms with Gasteiger partial charge < -0.3 is 9.47 Å². The predicted octanol–water partition coefficient (Wildman–Crippen LogP) is 3.28. The molecule has 0 bridgehead atoms. The van der Waals surface area contributed by atoms with Gasteiger partial charge >= 0.3 is 6.18 Å². The average Bonchev–Trinajstić information content (AvgIpc) is 3.16. The van der Waals surface area contributed by atoms with Gasteiger partial charge in [0.2, 0.25) is 0 Å². The molecule has 0 fully saturated rings. The van der Waals surface area contributed by atoms with Gasteiger partial charge in [0.15, 0.2) is 11.5 Å². The van der Waals surface area contributed by atoms with Crippen molar-refractivity contribution in [3.8, 4) is 22.8 Å². The smallest absolute Gasteiger partial charge is 0.433 e. The van der Waals surface area contributed by atoms with Crippen LogP contribution in [0.3, 0.4) is 0 Å². The van der Waals surface area contributed by atoms with Crippen LogP contribution in [0.2, 0.25) is 0 Å². The number of hydrogen-bond donors (Lipinski definition) is 0. The lowest BCUT2D eigenvalue weighted by atomic mass is 10.1. The molecule has 0 unspecified atom stereocenters. The number of rotatable bonds is 3. The Morgan fingerprint density at radius 2 is 1.72 bits per heavy atom. The lowest BCUT2D eigenvalue weighted by Gasteiger charge is -2.11. The van der Waals surface area contributed by atoms with Crippen molar-refractivity contribution in [2.75, 3.05) is 14.2 Å². The van der Waals surface area contributed by atoms with Gasteiger partial charge in [-0.15, -0.1) is 0 Å². The lowest BCUT2D eigenvalue weighted by Crippen LogP contribution is -2.19. The van der Waals surface area contributed by atoms with Gasteiger partial charge in [0.25, 0.3) is 5.56 Å². The van der Waals surface area contributed by atoms with Crippen LogP contribution in [0.1, 0.15) is 5.69 Å². The van der Waals surface area contributed by atoms with Crippen LogP contribution in [0.15, 0.2) is 41.3 Å². The molecule has 3 aromatic heterocycles. The van der Waals surface area contributed by atoms with E-state index in [2.05, 4.69) is 10.1 Å². The number of aromatic nitrogens is 4. The molecule has 0 aliphatic rings. The fourth-order valence-electron chi connectivity index (χ4n) is 3.17. The summed E-state index contributed by atoms with van der Waals surface area (Å²) >= 11 is 0. The second kappa shape index (κ2) is 6.50. The largest absolute Gasteiger partial charge is 0.493 e. The maximum Gasteiger partial charge on any atom is 0.433 e. The third-order valence-electron chi connectivity index (χ3n) is 4.65. The normalized spacial score (nSPS) is 11.9. The quantitative estimate of drug-likeness (QED) is 0.524. The summed E-state index contributed by atoms with van der Waals surface area (Å²) in [6.07, 6.45) is -3.49. The number of hydrogen-bond acceptors (Lipinski definition) is 5. The molecule has 0 aliphatic heterocycles. The highest BCUT2D eigenvalue weighted by atomic mass is 19.4. The molecule has 0 saturated carbocycles. The number of aryl methyl sites for hydroxylation is 1. The van der Waals surface area contributed by atoms with Crippen molar-refractivity contribution in [1.29, 1.82) is 0 Å². The van der Waals surface area contributed by atoms with E-state index in [1.807, 2.05) is 0 Å². The Balaban J connectivity index is 2.02. The summed E-state index contributed by atoms with van der Waals surface area (Å²) in [4.78, 5) is 16.2. The van der Waals surface area contributed by atoms with Crippen LogP contribution in [0.4, 0.5) is 13.2 Å². The van der Waals surface area contributed by atoms with Gasteiger partial charge in [0, 0.05) is 30.9 Å². The van der Waals surface area contributed by atoms with E-state index in [-0.39, 0.29) is 16.8 Å². The molecular formula is C19H15F3N4O3. The fraction of sp³-hybridized carbons (Fsp3) is 0.211. The van der Waals surface area contributed by atoms with Gasteiger partial charge in [-0.1, -0.05) is 0 Å². The molecule has 1 aromatic carbocycles. The highest BCUT2D eigenvalue weighted by Crippen LogP contribution is 2.33. The molecule has 29 heavy (non-hydrogen) atoms. The number of nitrogens with zero attached hydrogens (tertiary/aromatic N) is 4. The molecule has 150 valence electrons. The molecular weight excluding hydrogens is 389 g/mol. The Morgan fingerprint density at radius 3 is 2.38 bits per heavy atom. The Bertz CT molecular complexity index is 1310. The molecule has 10 heteroatoms. The highest BCUT2D eigenvalue weighted by Gasteiger charge is 2.32. The van der Waals surface area contributed by atoms with Crippen LogP contribution in [0, 0.1) is 0 Å². The first kappa shape index (κ1) is 18.8. The zero-order valence-corrected chi connectivity index (χ0v) is 15.6. The Kier molecular flexibility index (Phi) is 4.21. The van der Waals surface area contributed by atoms with E-state index in [1.165, 1.54) is 29.4 Å². The van der Waals surface area contributed by atoms with Gasteiger partial charge in [0.05, 0.1) is 30.8 Å². The third-order valence-corrected chi connectivity index (χ3v) is 4.65. The summed E-state index contributed by atoms with van der Waals surface area (Å²) < 4.78 is 52.4. The number of benzene rings is 1. The molecule has 0 aliphatic carbocycles. The zero-order valence-electron chi connectivity index (χ0n) is 15.6. The fourth-order valence-corrected chi connectivity index (χ4v) is 3.17. The van der Waals surface area contributed by atoms with Crippen LogP contribution in [-0.2, 0) is 13.2 Å². The van der Waals surface area contributed by atoms with E-state index >= 15 is 0 Å². The van der Waals surface area contributed by atoms with Crippen molar-refractivity contribution in [1.82, 2.24) is 19.2 Å². The predicted molar refractivity (Wildman–Crippen MR) is 99.3 cm³/mol. The van der Waals surface area contributed by atoms with Gasteiger partial charge in [-0.3, -0.25) is 14.3 Å². The summed E-state index contributed by atoms with van der Waals surface area (Å²) in [6, 6.07) is 7.05. The maximum absolute atomic E-state index is 13.0. The second-order valence-electron chi connectivity index (χ2n) is 6.32. The van der Waals surface area contributed by atoms with E-state index in [9.17, 15) is 18.0 Å². The van der Waals surface area contributed by atoms with Crippen molar-refractivity contribution < 1.29 is 22.6 Å². The minimum Gasteiger partial charge on any atom is -0.493 e. The summed E-state index contributed by atoms with van der Waals surface area (Å²) in [5.41, 5.74) is 0.0438. The minimum absolute atomic E-state index is 0.233. The first-order valence-electron chi connectivity index (χ1n) is 8.42. The first-order chi connectivity index (χ1) is 13.7. The Hall–Kier alpha value is -3.56. The highest BCUT2D eigenvalue weighted by molar-refractivity contribution is 5.85. The zero-order chi connectivity index (χ0) is 20.9. The van der Waals surface area contributed by atoms with Crippen LogP contribution >= 0.6 is 0 Å². The van der Waals surface area contributed by atoms with Crippen molar-refractivity contribution >= 4 is 16.6 Å². The van der Waals surface area contributed by atoms with Crippen molar-refractivity contribution in [3.63, 3.8) is 0 Å². The minimum atomic E-state index is -4.57. The first-order valence-corrected chi connectivity index (χ1v) is 8.42.